The van der Waals surface area contributed by atoms with Crippen LogP contribution in [0.25, 0.3) is 6.08 Å². The number of hydrogen-bond donors (Lipinski definition) is 1. The van der Waals surface area contributed by atoms with E-state index >= 15 is 0 Å². The molecule has 0 aliphatic carbocycles. The molecule has 0 radical (unpaired) electrons. The first-order valence-electron chi connectivity index (χ1n) is 5.22. The highest BCUT2D eigenvalue weighted by Gasteiger charge is 1.93. The number of carbonyl (C=O) groups is 1. The molecule has 0 spiro atoms. The van der Waals surface area contributed by atoms with E-state index in [0.29, 0.717) is 0 Å². The highest BCUT2D eigenvalue weighted by atomic mass is 16.1. The topological polar surface area (TPSA) is 29.1 Å². The van der Waals surface area contributed by atoms with E-state index in [2.05, 4.69) is 5.32 Å². The van der Waals surface area contributed by atoms with Gasteiger partial charge in [-0.3, -0.25) is 4.79 Å². The van der Waals surface area contributed by atoms with Gasteiger partial charge in [0.1, 0.15) is 0 Å². The van der Waals surface area contributed by atoms with Gasteiger partial charge < -0.3 is 5.32 Å². The minimum atomic E-state index is -0.0428. The molecule has 1 N–H and O–H groups in total. The highest BCUT2D eigenvalue weighted by molar-refractivity contribution is 5.88. The molecule has 82 valence electrons. The van der Waals surface area contributed by atoms with Gasteiger partial charge in [0, 0.05) is 12.6 Å². The lowest BCUT2D eigenvalue weighted by Crippen LogP contribution is -2.05. The van der Waals surface area contributed by atoms with Gasteiger partial charge in [-0.15, -0.1) is 0 Å². The minimum Gasteiger partial charge on any atom is -0.326 e. The van der Waals surface area contributed by atoms with Crippen LogP contribution in [0, 0.1) is 0 Å². The van der Waals surface area contributed by atoms with Crippen LogP contribution < -0.4 is 5.32 Å². The lowest BCUT2D eigenvalue weighted by Gasteiger charge is -2.01. The van der Waals surface area contributed by atoms with Crippen LogP contribution in [0.5, 0.6) is 0 Å². The van der Waals surface area contributed by atoms with Crippen molar-refractivity contribution in [2.45, 2.75) is 27.7 Å². The zero-order chi connectivity index (χ0) is 11.7. The average molecular weight is 205 g/mol. The number of allylic oxidation sites excluding steroid dienone is 1. The minimum absolute atomic E-state index is 0.0428. The standard InChI is InChI=1S/C11H13NO.C2H6/c1-3-4-10-5-7-11(8-6-10)12-9(2)13;1-2/h3-8H,1-2H3,(H,12,13);1-2H3/b4-3+;. The molecule has 1 aromatic carbocycles. The van der Waals surface area contributed by atoms with Crippen LogP contribution in [0.3, 0.4) is 0 Å². The molecule has 0 atom stereocenters. The quantitative estimate of drug-likeness (QED) is 0.783. The Hall–Kier alpha value is -1.57. The van der Waals surface area contributed by atoms with Crippen molar-refractivity contribution in [3.8, 4) is 0 Å². The molecule has 1 aromatic rings. The first kappa shape index (κ1) is 13.4. The third-order valence-corrected chi connectivity index (χ3v) is 1.59. The Bertz CT molecular complexity index is 312. The van der Waals surface area contributed by atoms with Gasteiger partial charge in [-0.05, 0) is 24.6 Å². The van der Waals surface area contributed by atoms with Crippen molar-refractivity contribution in [2.24, 2.45) is 0 Å². The van der Waals surface area contributed by atoms with Crippen molar-refractivity contribution in [1.82, 2.24) is 0 Å². The van der Waals surface area contributed by atoms with E-state index in [-0.39, 0.29) is 5.91 Å². The number of rotatable bonds is 2. The van der Waals surface area contributed by atoms with E-state index in [0.717, 1.165) is 11.3 Å². The number of anilines is 1. The largest absolute Gasteiger partial charge is 0.326 e. The van der Waals surface area contributed by atoms with Crippen LogP contribution >= 0.6 is 0 Å². The van der Waals surface area contributed by atoms with Gasteiger partial charge in [-0.2, -0.15) is 0 Å². The fourth-order valence-corrected chi connectivity index (χ4v) is 1.07. The van der Waals surface area contributed by atoms with Crippen molar-refractivity contribution < 1.29 is 4.79 Å². The van der Waals surface area contributed by atoms with E-state index < -0.39 is 0 Å². The molecule has 0 aliphatic heterocycles. The molecule has 0 saturated heterocycles. The number of hydrogen-bond acceptors (Lipinski definition) is 1. The normalized spacial score (nSPS) is 9.33. The van der Waals surface area contributed by atoms with Crippen molar-refractivity contribution in [3.05, 3.63) is 35.9 Å². The monoisotopic (exact) mass is 205 g/mol. The Kier molecular flexibility index (Phi) is 6.98. The van der Waals surface area contributed by atoms with Crippen molar-refractivity contribution in [2.75, 3.05) is 5.32 Å². The first-order chi connectivity index (χ1) is 7.22. The number of carbonyl (C=O) groups excluding carboxylic acids is 1. The second-order valence-corrected chi connectivity index (χ2v) is 2.80. The summed E-state index contributed by atoms with van der Waals surface area (Å²) in [6.07, 6.45) is 3.99. The maximum absolute atomic E-state index is 10.7. The average Bonchev–Trinajstić information content (AvgIpc) is 2.24. The van der Waals surface area contributed by atoms with Gasteiger partial charge in [0.15, 0.2) is 0 Å². The Morgan fingerprint density at radius 2 is 1.73 bits per heavy atom. The van der Waals surface area contributed by atoms with E-state index in [1.807, 2.05) is 57.2 Å². The van der Waals surface area contributed by atoms with Gasteiger partial charge in [0.2, 0.25) is 5.91 Å². The first-order valence-corrected chi connectivity index (χ1v) is 5.22. The summed E-state index contributed by atoms with van der Waals surface area (Å²) in [5.41, 5.74) is 1.97. The molecule has 2 heteroatoms. The molecule has 0 heterocycles. The molecule has 0 unspecified atom stereocenters. The van der Waals surface area contributed by atoms with Gasteiger partial charge in [0.25, 0.3) is 0 Å². The van der Waals surface area contributed by atoms with Gasteiger partial charge in [-0.25, -0.2) is 0 Å². The van der Waals surface area contributed by atoms with Gasteiger partial charge in [-0.1, -0.05) is 38.1 Å². The molecule has 0 saturated carbocycles. The SMILES string of the molecule is C/C=C/c1ccc(NC(C)=O)cc1.CC. The molecule has 0 aliphatic rings. The van der Waals surface area contributed by atoms with Crippen molar-refractivity contribution in [1.29, 1.82) is 0 Å². The molecule has 15 heavy (non-hydrogen) atoms. The Morgan fingerprint density at radius 1 is 1.20 bits per heavy atom. The summed E-state index contributed by atoms with van der Waals surface area (Å²) in [6, 6.07) is 7.70. The number of amides is 1. The summed E-state index contributed by atoms with van der Waals surface area (Å²) in [5.74, 6) is -0.0428. The van der Waals surface area contributed by atoms with Crippen LogP contribution in [0.1, 0.15) is 33.3 Å². The smallest absolute Gasteiger partial charge is 0.221 e. The van der Waals surface area contributed by atoms with E-state index in [4.69, 9.17) is 0 Å². The van der Waals surface area contributed by atoms with E-state index in [9.17, 15) is 4.79 Å². The number of nitrogens with one attached hydrogen (secondary N) is 1. The fourth-order valence-electron chi connectivity index (χ4n) is 1.07. The second kappa shape index (κ2) is 7.80. The molecule has 0 aromatic heterocycles. The van der Waals surface area contributed by atoms with E-state index in [1.54, 1.807) is 0 Å². The predicted octanol–water partition coefficient (Wildman–Crippen LogP) is 3.70. The van der Waals surface area contributed by atoms with Crippen LogP contribution in [-0.4, -0.2) is 5.91 Å². The van der Waals surface area contributed by atoms with E-state index in [1.165, 1.54) is 6.92 Å². The Balaban J connectivity index is 0.000000921. The molecule has 0 fully saturated rings. The summed E-state index contributed by atoms with van der Waals surface area (Å²) in [5, 5.41) is 2.71. The maximum atomic E-state index is 10.7. The van der Waals surface area contributed by atoms with Crippen LogP contribution in [-0.2, 0) is 4.79 Å². The van der Waals surface area contributed by atoms with Crippen molar-refractivity contribution in [3.63, 3.8) is 0 Å². The summed E-state index contributed by atoms with van der Waals surface area (Å²) in [6.45, 7) is 7.47. The highest BCUT2D eigenvalue weighted by Crippen LogP contribution is 2.10. The van der Waals surface area contributed by atoms with Crippen LogP contribution in [0.15, 0.2) is 30.3 Å². The third-order valence-electron chi connectivity index (χ3n) is 1.59. The predicted molar refractivity (Wildman–Crippen MR) is 66.8 cm³/mol. The lowest BCUT2D eigenvalue weighted by molar-refractivity contribution is -0.114. The fraction of sp³-hybridized carbons (Fsp3) is 0.308. The lowest BCUT2D eigenvalue weighted by atomic mass is 10.2. The molecule has 0 bridgehead atoms. The van der Waals surface area contributed by atoms with Crippen molar-refractivity contribution >= 4 is 17.7 Å². The Labute approximate surface area is 92.0 Å². The summed E-state index contributed by atoms with van der Waals surface area (Å²) < 4.78 is 0. The number of benzene rings is 1. The third kappa shape index (κ3) is 5.68. The molecule has 1 rings (SSSR count). The molecule has 2 nitrogen and oxygen atoms in total. The summed E-state index contributed by atoms with van der Waals surface area (Å²) in [4.78, 5) is 10.7. The zero-order valence-corrected chi connectivity index (χ0v) is 9.87. The molecular formula is C13H19NO. The maximum Gasteiger partial charge on any atom is 0.221 e. The van der Waals surface area contributed by atoms with Gasteiger partial charge in [0.05, 0.1) is 0 Å². The molecular weight excluding hydrogens is 186 g/mol. The summed E-state index contributed by atoms with van der Waals surface area (Å²) >= 11 is 0. The summed E-state index contributed by atoms with van der Waals surface area (Å²) in [7, 11) is 0. The van der Waals surface area contributed by atoms with Crippen LogP contribution in [0.4, 0.5) is 5.69 Å². The zero-order valence-electron chi connectivity index (χ0n) is 9.87. The molecule has 1 amide bonds. The Morgan fingerprint density at radius 3 is 2.13 bits per heavy atom. The second-order valence-electron chi connectivity index (χ2n) is 2.80. The van der Waals surface area contributed by atoms with Crippen LogP contribution in [0.2, 0.25) is 0 Å². The van der Waals surface area contributed by atoms with Gasteiger partial charge >= 0.3 is 0 Å².